The summed E-state index contributed by atoms with van der Waals surface area (Å²) in [4.78, 5) is 11.9. The number of urea groups is 1. The zero-order valence-corrected chi connectivity index (χ0v) is 14.7. The van der Waals surface area contributed by atoms with E-state index < -0.39 is 0 Å². The van der Waals surface area contributed by atoms with Crippen LogP contribution >= 0.6 is 0 Å². The molecule has 0 unspecified atom stereocenters. The second kappa shape index (κ2) is 8.71. The van der Waals surface area contributed by atoms with Gasteiger partial charge in [0.25, 0.3) is 0 Å². The smallest absolute Gasteiger partial charge is 0.320 e. The normalized spacial score (nSPS) is 10.3. The Balaban J connectivity index is 1.37. The molecule has 0 spiro atoms. The second-order valence-corrected chi connectivity index (χ2v) is 5.88. The van der Waals surface area contributed by atoms with Gasteiger partial charge in [-0.2, -0.15) is 0 Å². The van der Waals surface area contributed by atoms with E-state index in [-0.39, 0.29) is 6.03 Å². The van der Waals surface area contributed by atoms with Crippen LogP contribution in [-0.2, 0) is 0 Å². The summed E-state index contributed by atoms with van der Waals surface area (Å²) < 4.78 is 7.37. The van der Waals surface area contributed by atoms with E-state index in [1.54, 1.807) is 16.9 Å². The van der Waals surface area contributed by atoms with E-state index >= 15 is 0 Å². The van der Waals surface area contributed by atoms with E-state index in [1.807, 2.05) is 61.5 Å². The van der Waals surface area contributed by atoms with Crippen molar-refractivity contribution in [1.29, 1.82) is 0 Å². The molecule has 0 bridgehead atoms. The highest BCUT2D eigenvalue weighted by Gasteiger charge is 2.05. The van der Waals surface area contributed by atoms with E-state index in [1.165, 1.54) is 0 Å². The number of rotatable bonds is 7. The molecule has 0 aliphatic rings. The molecule has 26 heavy (non-hydrogen) atoms. The van der Waals surface area contributed by atoms with Crippen LogP contribution in [0.4, 0.5) is 10.6 Å². The maximum Gasteiger partial charge on any atom is 0.320 e. The van der Waals surface area contributed by atoms with E-state index in [0.29, 0.717) is 19.0 Å². The van der Waals surface area contributed by atoms with Crippen molar-refractivity contribution >= 4 is 11.8 Å². The number of nitrogens with one attached hydrogen (secondary N) is 2. The summed E-state index contributed by atoms with van der Waals surface area (Å²) in [6, 6.07) is 19.1. The van der Waals surface area contributed by atoms with Gasteiger partial charge in [-0.15, -0.1) is 5.10 Å². The molecular formula is C20H22N4O2. The molecule has 2 aromatic carbocycles. The fourth-order valence-electron chi connectivity index (χ4n) is 2.44. The fraction of sp³-hybridized carbons (Fsp3) is 0.200. The molecule has 0 atom stereocenters. The molecule has 2 N–H and O–H groups in total. The third kappa shape index (κ3) is 5.11. The summed E-state index contributed by atoms with van der Waals surface area (Å²) >= 11 is 0. The molecule has 0 saturated carbocycles. The average molecular weight is 350 g/mol. The zero-order chi connectivity index (χ0) is 18.2. The van der Waals surface area contributed by atoms with Gasteiger partial charge in [-0.1, -0.05) is 30.3 Å². The van der Waals surface area contributed by atoms with Crippen LogP contribution in [-0.4, -0.2) is 29.0 Å². The van der Waals surface area contributed by atoms with Crippen LogP contribution in [0.3, 0.4) is 0 Å². The van der Waals surface area contributed by atoms with Gasteiger partial charge in [-0.05, 0) is 43.2 Å². The number of amides is 2. The number of ether oxygens (including phenoxy) is 1. The fourth-order valence-corrected chi connectivity index (χ4v) is 2.44. The number of nitrogens with zero attached hydrogens (tertiary/aromatic N) is 2. The van der Waals surface area contributed by atoms with Crippen molar-refractivity contribution in [3.8, 4) is 11.4 Å². The van der Waals surface area contributed by atoms with Gasteiger partial charge >= 0.3 is 6.03 Å². The molecule has 2 amide bonds. The number of aryl methyl sites for hydroxylation is 1. The van der Waals surface area contributed by atoms with Gasteiger partial charge in [-0.25, -0.2) is 9.48 Å². The number of carbonyl (C=O) groups excluding carboxylic acids is 1. The minimum Gasteiger partial charge on any atom is -0.494 e. The summed E-state index contributed by atoms with van der Waals surface area (Å²) in [5, 5.41) is 9.86. The predicted octanol–water partition coefficient (Wildman–Crippen LogP) is 3.77. The molecule has 6 nitrogen and oxygen atoms in total. The van der Waals surface area contributed by atoms with Crippen molar-refractivity contribution < 1.29 is 9.53 Å². The lowest BCUT2D eigenvalue weighted by Gasteiger charge is -2.08. The minimum atomic E-state index is -0.279. The number of hydrogen-bond acceptors (Lipinski definition) is 3. The first-order chi connectivity index (χ1) is 12.7. The number of hydrogen-bond donors (Lipinski definition) is 2. The monoisotopic (exact) mass is 350 g/mol. The molecule has 0 saturated heterocycles. The van der Waals surface area contributed by atoms with Gasteiger partial charge in [0.2, 0.25) is 0 Å². The van der Waals surface area contributed by atoms with Crippen LogP contribution in [0.5, 0.6) is 5.75 Å². The van der Waals surface area contributed by atoms with Crippen LogP contribution in [0.1, 0.15) is 12.0 Å². The quantitative estimate of drug-likeness (QED) is 0.637. The summed E-state index contributed by atoms with van der Waals surface area (Å²) in [6.07, 6.45) is 2.53. The minimum absolute atomic E-state index is 0.279. The van der Waals surface area contributed by atoms with Crippen LogP contribution in [0.15, 0.2) is 66.9 Å². The predicted molar refractivity (Wildman–Crippen MR) is 102 cm³/mol. The molecule has 0 aliphatic heterocycles. The standard InChI is InChI=1S/C20H22N4O2/c1-16-7-5-10-18(15-16)26-14-6-12-21-20(25)22-19-11-13-24(23-19)17-8-3-2-4-9-17/h2-5,7-11,13,15H,6,12,14H2,1H3,(H2,21,22,23,25). The Labute approximate surface area is 152 Å². The van der Waals surface area contributed by atoms with Crippen LogP contribution < -0.4 is 15.4 Å². The third-order valence-corrected chi connectivity index (χ3v) is 3.72. The van der Waals surface area contributed by atoms with Crippen LogP contribution in [0.25, 0.3) is 5.69 Å². The molecule has 1 heterocycles. The van der Waals surface area contributed by atoms with E-state index in [2.05, 4.69) is 15.7 Å². The highest BCUT2D eigenvalue weighted by Crippen LogP contribution is 2.12. The van der Waals surface area contributed by atoms with Crippen molar-refractivity contribution in [3.05, 3.63) is 72.4 Å². The number of carbonyl (C=O) groups is 1. The van der Waals surface area contributed by atoms with Crippen molar-refractivity contribution in [3.63, 3.8) is 0 Å². The lowest BCUT2D eigenvalue weighted by molar-refractivity contribution is 0.250. The summed E-state index contributed by atoms with van der Waals surface area (Å²) in [5.74, 6) is 1.35. The van der Waals surface area contributed by atoms with Gasteiger partial charge in [0.15, 0.2) is 5.82 Å². The SMILES string of the molecule is Cc1cccc(OCCCNC(=O)Nc2ccn(-c3ccccc3)n2)c1. The van der Waals surface area contributed by atoms with E-state index in [4.69, 9.17) is 4.74 Å². The molecule has 0 fully saturated rings. The summed E-state index contributed by atoms with van der Waals surface area (Å²) in [6.45, 7) is 3.10. The number of benzene rings is 2. The first-order valence-electron chi connectivity index (χ1n) is 8.56. The lowest BCUT2D eigenvalue weighted by atomic mass is 10.2. The summed E-state index contributed by atoms with van der Waals surface area (Å²) in [5.41, 5.74) is 2.10. The Hall–Kier alpha value is -3.28. The molecule has 3 rings (SSSR count). The Morgan fingerprint density at radius 3 is 2.77 bits per heavy atom. The molecule has 0 radical (unpaired) electrons. The highest BCUT2D eigenvalue weighted by molar-refractivity contribution is 5.88. The van der Waals surface area contributed by atoms with Crippen molar-refractivity contribution in [2.24, 2.45) is 0 Å². The largest absolute Gasteiger partial charge is 0.494 e. The maximum absolute atomic E-state index is 11.9. The van der Waals surface area contributed by atoms with Gasteiger partial charge in [0.1, 0.15) is 5.75 Å². The van der Waals surface area contributed by atoms with Crippen molar-refractivity contribution in [2.75, 3.05) is 18.5 Å². The maximum atomic E-state index is 11.9. The molecule has 3 aromatic rings. The second-order valence-electron chi connectivity index (χ2n) is 5.88. The van der Waals surface area contributed by atoms with Gasteiger partial charge in [0.05, 0.1) is 12.3 Å². The molecular weight excluding hydrogens is 328 g/mol. The van der Waals surface area contributed by atoms with Crippen LogP contribution in [0.2, 0.25) is 0 Å². The molecule has 0 aliphatic carbocycles. The molecule has 1 aromatic heterocycles. The zero-order valence-electron chi connectivity index (χ0n) is 14.7. The van der Waals surface area contributed by atoms with Crippen molar-refractivity contribution in [1.82, 2.24) is 15.1 Å². The number of anilines is 1. The summed E-state index contributed by atoms with van der Waals surface area (Å²) in [7, 11) is 0. The average Bonchev–Trinajstić information content (AvgIpc) is 3.11. The van der Waals surface area contributed by atoms with Gasteiger partial charge in [-0.3, -0.25) is 5.32 Å². The first-order valence-corrected chi connectivity index (χ1v) is 8.56. The number of para-hydroxylation sites is 1. The van der Waals surface area contributed by atoms with Crippen molar-refractivity contribution in [2.45, 2.75) is 13.3 Å². The van der Waals surface area contributed by atoms with Crippen LogP contribution in [0, 0.1) is 6.92 Å². The molecule has 134 valence electrons. The Morgan fingerprint density at radius 2 is 1.96 bits per heavy atom. The van der Waals surface area contributed by atoms with E-state index in [9.17, 15) is 4.79 Å². The number of aromatic nitrogens is 2. The van der Waals surface area contributed by atoms with E-state index in [0.717, 1.165) is 23.4 Å². The first kappa shape index (κ1) is 17.5. The Bertz CT molecular complexity index is 846. The Morgan fingerprint density at radius 1 is 1.12 bits per heavy atom. The topological polar surface area (TPSA) is 68.2 Å². The van der Waals surface area contributed by atoms with Gasteiger partial charge in [0, 0.05) is 18.8 Å². The third-order valence-electron chi connectivity index (χ3n) is 3.72. The van der Waals surface area contributed by atoms with Gasteiger partial charge < -0.3 is 10.1 Å². The Kier molecular flexibility index (Phi) is 5.88. The lowest BCUT2D eigenvalue weighted by Crippen LogP contribution is -2.30. The molecule has 6 heteroatoms. The highest BCUT2D eigenvalue weighted by atomic mass is 16.5.